The van der Waals surface area contributed by atoms with E-state index >= 15 is 0 Å². The van der Waals surface area contributed by atoms with Crippen molar-refractivity contribution in [2.24, 2.45) is 15.3 Å². The Kier molecular flexibility index (Phi) is 3.77. The molecule has 106 valence electrons. The van der Waals surface area contributed by atoms with Gasteiger partial charge in [-0.15, -0.1) is 5.11 Å². The van der Waals surface area contributed by atoms with Gasteiger partial charge in [0.05, 0.1) is 6.54 Å². The van der Waals surface area contributed by atoms with Gasteiger partial charge in [0.2, 0.25) is 5.84 Å². The lowest BCUT2D eigenvalue weighted by Crippen LogP contribution is -2.30. The molecule has 2 aromatic rings. The van der Waals surface area contributed by atoms with Gasteiger partial charge < -0.3 is 0 Å². The molecule has 1 aliphatic rings. The van der Waals surface area contributed by atoms with Gasteiger partial charge in [0.1, 0.15) is 0 Å². The van der Waals surface area contributed by atoms with E-state index in [0.29, 0.717) is 5.84 Å². The highest BCUT2D eigenvalue weighted by molar-refractivity contribution is 5.99. The van der Waals surface area contributed by atoms with E-state index in [1.807, 2.05) is 42.3 Å². The van der Waals surface area contributed by atoms with Crippen molar-refractivity contribution in [2.45, 2.75) is 26.6 Å². The molecule has 4 nitrogen and oxygen atoms in total. The molecular weight excluding hydrogens is 260 g/mol. The SMILES string of the molecule is Cc1ccc(CN2N=C(c3ccccc3)N=NC2C)cc1. The highest BCUT2D eigenvalue weighted by Gasteiger charge is 2.18. The van der Waals surface area contributed by atoms with E-state index in [0.717, 1.165) is 12.1 Å². The zero-order chi connectivity index (χ0) is 14.7. The monoisotopic (exact) mass is 278 g/mol. The molecule has 0 bridgehead atoms. The van der Waals surface area contributed by atoms with Crippen molar-refractivity contribution >= 4 is 5.84 Å². The van der Waals surface area contributed by atoms with Crippen LogP contribution < -0.4 is 0 Å². The molecule has 3 rings (SSSR count). The first-order valence-corrected chi connectivity index (χ1v) is 7.09. The molecule has 0 aromatic heterocycles. The van der Waals surface area contributed by atoms with E-state index in [-0.39, 0.29) is 6.17 Å². The summed E-state index contributed by atoms with van der Waals surface area (Å²) in [6.45, 7) is 4.83. The van der Waals surface area contributed by atoms with Crippen molar-refractivity contribution in [2.75, 3.05) is 0 Å². The molecule has 0 N–H and O–H groups in total. The van der Waals surface area contributed by atoms with Crippen molar-refractivity contribution in [3.63, 3.8) is 0 Å². The molecule has 0 saturated carbocycles. The summed E-state index contributed by atoms with van der Waals surface area (Å²) in [5.74, 6) is 0.667. The van der Waals surface area contributed by atoms with Gasteiger partial charge in [0.25, 0.3) is 0 Å². The maximum Gasteiger partial charge on any atom is 0.200 e. The number of azo groups is 1. The molecular formula is C17H18N4. The average molecular weight is 278 g/mol. The fourth-order valence-corrected chi connectivity index (χ4v) is 2.17. The van der Waals surface area contributed by atoms with Gasteiger partial charge in [-0.1, -0.05) is 60.2 Å². The number of aryl methyl sites for hydroxylation is 1. The third kappa shape index (κ3) is 3.16. The summed E-state index contributed by atoms with van der Waals surface area (Å²) in [5.41, 5.74) is 3.47. The first kappa shape index (κ1) is 13.5. The molecule has 2 aromatic carbocycles. The topological polar surface area (TPSA) is 40.3 Å². The normalized spacial score (nSPS) is 17.7. The molecule has 0 fully saturated rings. The van der Waals surface area contributed by atoms with Crippen LogP contribution in [0.2, 0.25) is 0 Å². The lowest BCUT2D eigenvalue weighted by molar-refractivity contribution is 0.202. The summed E-state index contributed by atoms with van der Waals surface area (Å²) in [7, 11) is 0. The second-order valence-corrected chi connectivity index (χ2v) is 5.22. The van der Waals surface area contributed by atoms with Gasteiger partial charge >= 0.3 is 0 Å². The van der Waals surface area contributed by atoms with Crippen LogP contribution in [-0.4, -0.2) is 17.0 Å². The van der Waals surface area contributed by atoms with Gasteiger partial charge in [-0.2, -0.15) is 10.2 Å². The fourth-order valence-electron chi connectivity index (χ4n) is 2.17. The molecule has 0 amide bonds. The molecule has 4 heteroatoms. The second-order valence-electron chi connectivity index (χ2n) is 5.22. The van der Waals surface area contributed by atoms with Gasteiger partial charge in [0.15, 0.2) is 6.17 Å². The van der Waals surface area contributed by atoms with Crippen molar-refractivity contribution in [3.8, 4) is 0 Å². The Hall–Kier alpha value is -2.49. The van der Waals surface area contributed by atoms with Gasteiger partial charge in [-0.25, -0.2) is 0 Å². The zero-order valence-electron chi connectivity index (χ0n) is 12.3. The molecule has 1 atom stereocenters. The number of amidine groups is 1. The van der Waals surface area contributed by atoms with E-state index in [9.17, 15) is 0 Å². The quantitative estimate of drug-likeness (QED) is 0.837. The predicted molar refractivity (Wildman–Crippen MR) is 84.0 cm³/mol. The standard InChI is InChI=1S/C17H18N4/c1-13-8-10-15(11-9-13)12-21-14(2)18-19-17(20-21)16-6-4-3-5-7-16/h3-11,14H,12H2,1-2H3. The molecule has 1 heterocycles. The Labute approximate surface area is 124 Å². The summed E-state index contributed by atoms with van der Waals surface area (Å²) in [6.07, 6.45) is -0.0428. The number of nitrogens with zero attached hydrogens (tertiary/aromatic N) is 4. The van der Waals surface area contributed by atoms with Crippen LogP contribution in [0.5, 0.6) is 0 Å². The molecule has 0 radical (unpaired) electrons. The lowest BCUT2D eigenvalue weighted by Gasteiger charge is -2.26. The third-order valence-corrected chi connectivity index (χ3v) is 3.47. The summed E-state index contributed by atoms with van der Waals surface area (Å²) in [4.78, 5) is 0. The summed E-state index contributed by atoms with van der Waals surface area (Å²) < 4.78 is 0. The van der Waals surface area contributed by atoms with Crippen molar-refractivity contribution in [1.29, 1.82) is 0 Å². The zero-order valence-corrected chi connectivity index (χ0v) is 12.3. The number of hydrogen-bond acceptors (Lipinski definition) is 4. The van der Waals surface area contributed by atoms with Gasteiger partial charge in [0, 0.05) is 5.56 Å². The first-order chi connectivity index (χ1) is 10.2. The second kappa shape index (κ2) is 5.87. The summed E-state index contributed by atoms with van der Waals surface area (Å²) in [5, 5.41) is 15.1. The lowest BCUT2D eigenvalue weighted by atomic mass is 10.1. The minimum absolute atomic E-state index is 0.0428. The minimum Gasteiger partial charge on any atom is -0.265 e. The molecule has 1 unspecified atom stereocenters. The van der Waals surface area contributed by atoms with E-state index in [1.165, 1.54) is 11.1 Å². The van der Waals surface area contributed by atoms with Crippen LogP contribution in [0, 0.1) is 6.92 Å². The maximum atomic E-state index is 4.64. The number of rotatable bonds is 3. The van der Waals surface area contributed by atoms with E-state index in [4.69, 9.17) is 0 Å². The van der Waals surface area contributed by atoms with Crippen molar-refractivity contribution in [3.05, 3.63) is 71.3 Å². The van der Waals surface area contributed by atoms with Crippen LogP contribution in [0.25, 0.3) is 0 Å². The Morgan fingerprint density at radius 3 is 2.43 bits per heavy atom. The molecule has 0 saturated heterocycles. The number of hydrogen-bond donors (Lipinski definition) is 0. The van der Waals surface area contributed by atoms with Crippen molar-refractivity contribution < 1.29 is 0 Å². The van der Waals surface area contributed by atoms with Crippen LogP contribution in [0.15, 0.2) is 69.9 Å². The van der Waals surface area contributed by atoms with Crippen LogP contribution in [0.3, 0.4) is 0 Å². The maximum absolute atomic E-state index is 4.64. The average Bonchev–Trinajstić information content (AvgIpc) is 2.52. The predicted octanol–water partition coefficient (Wildman–Crippen LogP) is 3.97. The Balaban J connectivity index is 1.82. The van der Waals surface area contributed by atoms with E-state index in [2.05, 4.69) is 46.5 Å². The molecule has 0 spiro atoms. The van der Waals surface area contributed by atoms with Crippen LogP contribution >= 0.6 is 0 Å². The van der Waals surface area contributed by atoms with E-state index < -0.39 is 0 Å². The Morgan fingerprint density at radius 2 is 1.71 bits per heavy atom. The minimum atomic E-state index is -0.0428. The van der Waals surface area contributed by atoms with Gasteiger partial charge in [-0.3, -0.25) is 5.01 Å². The highest BCUT2D eigenvalue weighted by atomic mass is 15.6. The van der Waals surface area contributed by atoms with Gasteiger partial charge in [-0.05, 0) is 19.4 Å². The smallest absolute Gasteiger partial charge is 0.200 e. The Morgan fingerprint density at radius 1 is 1.00 bits per heavy atom. The largest absolute Gasteiger partial charge is 0.265 e. The molecule has 1 aliphatic heterocycles. The van der Waals surface area contributed by atoms with E-state index in [1.54, 1.807) is 0 Å². The summed E-state index contributed by atoms with van der Waals surface area (Å²) >= 11 is 0. The summed E-state index contributed by atoms with van der Waals surface area (Å²) in [6, 6.07) is 18.4. The van der Waals surface area contributed by atoms with Crippen LogP contribution in [-0.2, 0) is 6.54 Å². The number of hydrazone groups is 1. The first-order valence-electron chi connectivity index (χ1n) is 7.09. The van der Waals surface area contributed by atoms with Crippen LogP contribution in [0.1, 0.15) is 23.6 Å². The third-order valence-electron chi connectivity index (χ3n) is 3.47. The molecule has 0 aliphatic carbocycles. The fraction of sp³-hybridized carbons (Fsp3) is 0.235. The highest BCUT2D eigenvalue weighted by Crippen LogP contribution is 2.17. The Bertz CT molecular complexity index is 659. The molecule has 21 heavy (non-hydrogen) atoms. The van der Waals surface area contributed by atoms with Crippen LogP contribution in [0.4, 0.5) is 0 Å². The van der Waals surface area contributed by atoms with Crippen molar-refractivity contribution in [1.82, 2.24) is 5.01 Å². The number of benzene rings is 2.